The minimum atomic E-state index is 0.00129. The van der Waals surface area contributed by atoms with Crippen LogP contribution in [0.5, 0.6) is 5.75 Å². The van der Waals surface area contributed by atoms with E-state index in [9.17, 15) is 4.79 Å². The summed E-state index contributed by atoms with van der Waals surface area (Å²) in [5.41, 5.74) is 1.75. The predicted octanol–water partition coefficient (Wildman–Crippen LogP) is 4.26. The van der Waals surface area contributed by atoms with E-state index >= 15 is 0 Å². The van der Waals surface area contributed by atoms with Gasteiger partial charge in [0.15, 0.2) is 0 Å². The molecule has 3 rings (SSSR count). The molecule has 0 aliphatic carbocycles. The minimum Gasteiger partial charge on any atom is -0.489 e. The van der Waals surface area contributed by atoms with Crippen LogP contribution in [0.1, 0.15) is 48.0 Å². The Kier molecular flexibility index (Phi) is 7.72. The first-order valence-corrected chi connectivity index (χ1v) is 10.1. The van der Waals surface area contributed by atoms with Gasteiger partial charge in [-0.05, 0) is 68.7 Å². The Balaban J connectivity index is 1.37. The Hall–Kier alpha value is -2.33. The fourth-order valence-corrected chi connectivity index (χ4v) is 3.40. The molecule has 27 heavy (non-hydrogen) atoms. The largest absolute Gasteiger partial charge is 0.489 e. The van der Waals surface area contributed by atoms with Gasteiger partial charge >= 0.3 is 0 Å². The second kappa shape index (κ2) is 10.7. The zero-order chi connectivity index (χ0) is 18.7. The third-order valence-electron chi connectivity index (χ3n) is 5.00. The molecule has 0 aromatic heterocycles. The fourth-order valence-electron chi connectivity index (χ4n) is 3.40. The molecule has 0 atom stereocenters. The van der Waals surface area contributed by atoms with Gasteiger partial charge in [0, 0.05) is 12.1 Å². The van der Waals surface area contributed by atoms with Crippen molar-refractivity contribution in [2.45, 2.75) is 38.7 Å². The molecule has 0 bridgehead atoms. The molecule has 1 aliphatic heterocycles. The molecule has 0 saturated carbocycles. The fraction of sp³-hybridized carbons (Fsp3) is 0.435. The Labute approximate surface area is 162 Å². The highest BCUT2D eigenvalue weighted by Crippen LogP contribution is 2.12. The number of amides is 1. The van der Waals surface area contributed by atoms with Crippen molar-refractivity contribution in [2.75, 3.05) is 26.2 Å². The maximum atomic E-state index is 12.3. The number of rotatable bonds is 8. The first-order valence-electron chi connectivity index (χ1n) is 10.1. The van der Waals surface area contributed by atoms with Crippen LogP contribution in [0, 0.1) is 0 Å². The van der Waals surface area contributed by atoms with Gasteiger partial charge in [0.25, 0.3) is 5.91 Å². The Bertz CT molecular complexity index is 677. The third kappa shape index (κ3) is 6.72. The molecular weight excluding hydrogens is 336 g/mol. The quantitative estimate of drug-likeness (QED) is 0.710. The lowest BCUT2D eigenvalue weighted by Crippen LogP contribution is -2.30. The summed E-state index contributed by atoms with van der Waals surface area (Å²) in [5.74, 6) is 0.852. The number of likely N-dealkylation sites (tertiary alicyclic amines) is 1. The van der Waals surface area contributed by atoms with Crippen molar-refractivity contribution in [2.24, 2.45) is 0 Å². The topological polar surface area (TPSA) is 41.6 Å². The number of hydrogen-bond donors (Lipinski definition) is 1. The monoisotopic (exact) mass is 366 g/mol. The average Bonchev–Trinajstić information content (AvgIpc) is 2.99. The lowest BCUT2D eigenvalue weighted by Gasteiger charge is -2.19. The summed E-state index contributed by atoms with van der Waals surface area (Å²) in [4.78, 5) is 14.8. The summed E-state index contributed by atoms with van der Waals surface area (Å²) in [6.45, 7) is 4.73. The molecule has 1 saturated heterocycles. The molecule has 0 radical (unpaired) electrons. The van der Waals surface area contributed by atoms with Crippen LogP contribution in [0.4, 0.5) is 0 Å². The van der Waals surface area contributed by atoms with Gasteiger partial charge < -0.3 is 15.0 Å². The van der Waals surface area contributed by atoms with Crippen molar-refractivity contribution in [3.05, 3.63) is 65.7 Å². The first-order chi connectivity index (χ1) is 13.3. The summed E-state index contributed by atoms with van der Waals surface area (Å²) in [6, 6.07) is 17.4. The van der Waals surface area contributed by atoms with Crippen LogP contribution >= 0.6 is 0 Å². The van der Waals surface area contributed by atoms with E-state index in [4.69, 9.17) is 4.74 Å². The van der Waals surface area contributed by atoms with Crippen LogP contribution in [-0.2, 0) is 6.61 Å². The van der Waals surface area contributed by atoms with Crippen LogP contribution in [0.2, 0.25) is 0 Å². The van der Waals surface area contributed by atoms with Crippen LogP contribution < -0.4 is 10.1 Å². The van der Waals surface area contributed by atoms with Crippen LogP contribution in [0.25, 0.3) is 0 Å². The van der Waals surface area contributed by atoms with Crippen molar-refractivity contribution < 1.29 is 9.53 Å². The smallest absolute Gasteiger partial charge is 0.251 e. The highest BCUT2D eigenvalue weighted by atomic mass is 16.5. The van der Waals surface area contributed by atoms with Gasteiger partial charge in [-0.3, -0.25) is 4.79 Å². The lowest BCUT2D eigenvalue weighted by molar-refractivity contribution is 0.0951. The zero-order valence-corrected chi connectivity index (χ0v) is 16.0. The van der Waals surface area contributed by atoms with Gasteiger partial charge in [-0.2, -0.15) is 0 Å². The molecule has 4 heteroatoms. The molecule has 144 valence electrons. The number of carbonyl (C=O) groups excluding carboxylic acids is 1. The van der Waals surface area contributed by atoms with Gasteiger partial charge in [0.2, 0.25) is 0 Å². The van der Waals surface area contributed by atoms with E-state index < -0.39 is 0 Å². The Morgan fingerprint density at radius 3 is 2.33 bits per heavy atom. The van der Waals surface area contributed by atoms with Crippen molar-refractivity contribution >= 4 is 5.91 Å². The SMILES string of the molecule is O=C(NCCCN1CCCCCC1)c1ccc(COc2ccccc2)cc1. The molecule has 1 aliphatic rings. The third-order valence-corrected chi connectivity index (χ3v) is 5.00. The molecule has 1 N–H and O–H groups in total. The Morgan fingerprint density at radius 2 is 1.63 bits per heavy atom. The minimum absolute atomic E-state index is 0.00129. The number of nitrogens with one attached hydrogen (secondary N) is 1. The maximum Gasteiger partial charge on any atom is 0.251 e. The molecule has 1 heterocycles. The number of hydrogen-bond acceptors (Lipinski definition) is 3. The summed E-state index contributed by atoms with van der Waals surface area (Å²) >= 11 is 0. The number of carbonyl (C=O) groups is 1. The average molecular weight is 367 g/mol. The molecule has 1 amide bonds. The van der Waals surface area contributed by atoms with Crippen molar-refractivity contribution in [1.82, 2.24) is 10.2 Å². The summed E-state index contributed by atoms with van der Waals surface area (Å²) in [5, 5.41) is 3.03. The van der Waals surface area contributed by atoms with E-state index in [1.54, 1.807) is 0 Å². The molecule has 1 fully saturated rings. The first kappa shape index (κ1) is 19.4. The maximum absolute atomic E-state index is 12.3. The standard InChI is InChI=1S/C23H30N2O2/c26-23(24-15-8-18-25-16-6-1-2-7-17-25)21-13-11-20(12-14-21)19-27-22-9-4-3-5-10-22/h3-5,9-14H,1-2,6-8,15-19H2,(H,24,26). The Morgan fingerprint density at radius 1 is 0.926 bits per heavy atom. The molecule has 2 aromatic rings. The highest BCUT2D eigenvalue weighted by Gasteiger charge is 2.09. The van der Waals surface area contributed by atoms with E-state index in [0.717, 1.165) is 30.8 Å². The molecule has 2 aromatic carbocycles. The lowest BCUT2D eigenvalue weighted by atomic mass is 10.1. The highest BCUT2D eigenvalue weighted by molar-refractivity contribution is 5.94. The van der Waals surface area contributed by atoms with E-state index in [-0.39, 0.29) is 5.91 Å². The van der Waals surface area contributed by atoms with E-state index in [0.29, 0.717) is 12.2 Å². The molecule has 4 nitrogen and oxygen atoms in total. The summed E-state index contributed by atoms with van der Waals surface area (Å²) in [6.07, 6.45) is 6.35. The van der Waals surface area contributed by atoms with Crippen molar-refractivity contribution in [1.29, 1.82) is 0 Å². The van der Waals surface area contributed by atoms with Gasteiger partial charge in [0.05, 0.1) is 0 Å². The van der Waals surface area contributed by atoms with Crippen molar-refractivity contribution in [3.8, 4) is 5.75 Å². The van der Waals surface area contributed by atoms with Crippen LogP contribution in [0.15, 0.2) is 54.6 Å². The van der Waals surface area contributed by atoms with Crippen LogP contribution in [0.3, 0.4) is 0 Å². The number of para-hydroxylation sites is 1. The number of nitrogens with zero attached hydrogens (tertiary/aromatic N) is 1. The normalized spacial score (nSPS) is 15.1. The zero-order valence-electron chi connectivity index (χ0n) is 16.0. The van der Waals surface area contributed by atoms with E-state index in [1.165, 1.54) is 38.8 Å². The molecular formula is C23H30N2O2. The van der Waals surface area contributed by atoms with Crippen LogP contribution in [-0.4, -0.2) is 37.0 Å². The number of ether oxygens (including phenoxy) is 1. The second-order valence-corrected chi connectivity index (χ2v) is 7.16. The van der Waals surface area contributed by atoms with Crippen molar-refractivity contribution in [3.63, 3.8) is 0 Å². The van der Waals surface area contributed by atoms with Gasteiger partial charge in [-0.1, -0.05) is 43.2 Å². The van der Waals surface area contributed by atoms with Gasteiger partial charge in [-0.25, -0.2) is 0 Å². The van der Waals surface area contributed by atoms with Gasteiger partial charge in [-0.15, -0.1) is 0 Å². The summed E-state index contributed by atoms with van der Waals surface area (Å²) < 4.78 is 5.73. The predicted molar refractivity (Wildman–Crippen MR) is 109 cm³/mol. The van der Waals surface area contributed by atoms with E-state index in [1.807, 2.05) is 54.6 Å². The van der Waals surface area contributed by atoms with E-state index in [2.05, 4.69) is 10.2 Å². The number of benzene rings is 2. The molecule has 0 unspecified atom stereocenters. The second-order valence-electron chi connectivity index (χ2n) is 7.16. The van der Waals surface area contributed by atoms with Gasteiger partial charge in [0.1, 0.15) is 12.4 Å². The molecule has 0 spiro atoms. The summed E-state index contributed by atoms with van der Waals surface area (Å²) in [7, 11) is 0.